The molecule has 0 aliphatic carbocycles. The number of nitrogens with zero attached hydrogens (tertiary/aromatic N) is 3. The second kappa shape index (κ2) is 4.68. The number of aryl methyl sites for hydroxylation is 1. The summed E-state index contributed by atoms with van der Waals surface area (Å²) in [6.45, 7) is 1.84. The van der Waals surface area contributed by atoms with E-state index in [0.717, 1.165) is 5.01 Å². The zero-order valence-corrected chi connectivity index (χ0v) is 10.4. The van der Waals surface area contributed by atoms with Crippen LogP contribution in [0, 0.1) is 6.92 Å². The van der Waals surface area contributed by atoms with E-state index in [-0.39, 0.29) is 11.3 Å². The minimum Gasteiger partial charge on any atom is -0.478 e. The van der Waals surface area contributed by atoms with Gasteiger partial charge in [0, 0.05) is 6.20 Å². The van der Waals surface area contributed by atoms with Crippen LogP contribution in [0.1, 0.15) is 15.4 Å². The van der Waals surface area contributed by atoms with Crippen molar-refractivity contribution in [2.45, 2.75) is 16.3 Å². The number of aromatic carboxylic acids is 1. The molecule has 0 saturated heterocycles. The number of carboxylic acids is 1. The second-order valence-electron chi connectivity index (χ2n) is 3.07. The standard InChI is InChI=1S/C9H8N4O2S2/c1-4-12-13-9(16-4)17-7-6(10)5(8(14)15)2-3-11-7/h2-3H,10H2,1H3,(H,14,15). The maximum Gasteiger partial charge on any atom is 0.337 e. The van der Waals surface area contributed by atoms with Crippen LogP contribution in [0.2, 0.25) is 0 Å². The number of nitrogens with two attached hydrogens (primary N) is 1. The summed E-state index contributed by atoms with van der Waals surface area (Å²) < 4.78 is 0.684. The van der Waals surface area contributed by atoms with Crippen molar-refractivity contribution in [3.63, 3.8) is 0 Å². The van der Waals surface area contributed by atoms with Crippen LogP contribution in [-0.2, 0) is 0 Å². The van der Waals surface area contributed by atoms with Gasteiger partial charge in [-0.25, -0.2) is 9.78 Å². The summed E-state index contributed by atoms with van der Waals surface area (Å²) in [5, 5.41) is 18.0. The maximum absolute atomic E-state index is 10.9. The predicted molar refractivity (Wildman–Crippen MR) is 64.4 cm³/mol. The molecule has 0 saturated carbocycles. The molecule has 2 rings (SSSR count). The van der Waals surface area contributed by atoms with Crippen LogP contribution in [0.5, 0.6) is 0 Å². The van der Waals surface area contributed by atoms with Gasteiger partial charge in [-0.1, -0.05) is 11.3 Å². The average molecular weight is 268 g/mol. The highest BCUT2D eigenvalue weighted by atomic mass is 32.2. The Morgan fingerprint density at radius 2 is 2.29 bits per heavy atom. The number of carboxylic acid groups (broad SMARTS) is 1. The average Bonchev–Trinajstić information content (AvgIpc) is 2.67. The van der Waals surface area contributed by atoms with Crippen LogP contribution in [0.25, 0.3) is 0 Å². The summed E-state index contributed by atoms with van der Waals surface area (Å²) in [5.74, 6) is -1.07. The van der Waals surface area contributed by atoms with Gasteiger partial charge in [-0.3, -0.25) is 0 Å². The molecule has 2 aromatic heterocycles. The third-order valence-electron chi connectivity index (χ3n) is 1.88. The first kappa shape index (κ1) is 11.8. The van der Waals surface area contributed by atoms with E-state index in [2.05, 4.69) is 15.2 Å². The summed E-state index contributed by atoms with van der Waals surface area (Å²) in [4.78, 5) is 14.9. The van der Waals surface area contributed by atoms with Gasteiger partial charge in [0.15, 0.2) is 4.34 Å². The van der Waals surface area contributed by atoms with Crippen molar-refractivity contribution in [2.75, 3.05) is 5.73 Å². The molecule has 8 heteroatoms. The van der Waals surface area contributed by atoms with Crippen LogP contribution in [-0.4, -0.2) is 26.3 Å². The number of anilines is 1. The van der Waals surface area contributed by atoms with E-state index in [1.54, 1.807) is 0 Å². The van der Waals surface area contributed by atoms with Crippen molar-refractivity contribution < 1.29 is 9.90 Å². The molecule has 0 aliphatic rings. The molecule has 0 aromatic carbocycles. The molecule has 2 aromatic rings. The molecule has 0 aliphatic heterocycles. The largest absolute Gasteiger partial charge is 0.478 e. The summed E-state index contributed by atoms with van der Waals surface area (Å²) >= 11 is 2.62. The molecule has 0 unspecified atom stereocenters. The van der Waals surface area contributed by atoms with E-state index in [1.807, 2.05) is 6.92 Å². The minimum atomic E-state index is -1.07. The van der Waals surface area contributed by atoms with Crippen molar-refractivity contribution in [2.24, 2.45) is 0 Å². The first-order chi connectivity index (χ1) is 8.08. The molecule has 6 nitrogen and oxygen atoms in total. The number of hydrogen-bond acceptors (Lipinski definition) is 7. The number of pyridine rings is 1. The maximum atomic E-state index is 10.9. The summed E-state index contributed by atoms with van der Waals surface area (Å²) in [7, 11) is 0. The van der Waals surface area contributed by atoms with E-state index < -0.39 is 5.97 Å². The van der Waals surface area contributed by atoms with Gasteiger partial charge in [-0.05, 0) is 24.8 Å². The van der Waals surface area contributed by atoms with E-state index in [4.69, 9.17) is 10.8 Å². The van der Waals surface area contributed by atoms with Gasteiger partial charge < -0.3 is 10.8 Å². The SMILES string of the molecule is Cc1nnc(Sc2nccc(C(=O)O)c2N)s1. The Bertz CT molecular complexity index is 570. The lowest BCUT2D eigenvalue weighted by Gasteiger charge is -2.04. The van der Waals surface area contributed by atoms with E-state index in [1.165, 1.54) is 35.4 Å². The zero-order valence-electron chi connectivity index (χ0n) is 8.75. The Kier molecular flexibility index (Phi) is 3.25. The molecule has 0 spiro atoms. The minimum absolute atomic E-state index is 0.0451. The van der Waals surface area contributed by atoms with E-state index in [9.17, 15) is 4.79 Å². The lowest BCUT2D eigenvalue weighted by molar-refractivity contribution is 0.0697. The topological polar surface area (TPSA) is 102 Å². The van der Waals surface area contributed by atoms with Gasteiger partial charge in [0.1, 0.15) is 10.0 Å². The second-order valence-corrected chi connectivity index (χ2v) is 5.49. The van der Waals surface area contributed by atoms with Crippen LogP contribution in [0.3, 0.4) is 0 Å². The van der Waals surface area contributed by atoms with Crippen molar-refractivity contribution in [1.82, 2.24) is 15.2 Å². The van der Waals surface area contributed by atoms with Gasteiger partial charge in [0.05, 0.1) is 11.3 Å². The van der Waals surface area contributed by atoms with Crippen LogP contribution >= 0.6 is 23.1 Å². The quantitative estimate of drug-likeness (QED) is 0.872. The third kappa shape index (κ3) is 2.53. The Hall–Kier alpha value is -1.67. The van der Waals surface area contributed by atoms with E-state index in [0.29, 0.717) is 9.37 Å². The Morgan fingerprint density at radius 3 is 2.88 bits per heavy atom. The molecule has 17 heavy (non-hydrogen) atoms. The third-order valence-corrected chi connectivity index (χ3v) is 3.78. The van der Waals surface area contributed by atoms with Crippen molar-refractivity contribution in [3.8, 4) is 0 Å². The summed E-state index contributed by atoms with van der Waals surface area (Å²) in [6, 6.07) is 1.37. The number of nitrogen functional groups attached to an aromatic ring is 1. The van der Waals surface area contributed by atoms with E-state index >= 15 is 0 Å². The lowest BCUT2D eigenvalue weighted by atomic mass is 10.2. The fraction of sp³-hybridized carbons (Fsp3) is 0.111. The van der Waals surface area contributed by atoms with Crippen molar-refractivity contribution >= 4 is 34.8 Å². The Morgan fingerprint density at radius 1 is 1.53 bits per heavy atom. The first-order valence-electron chi connectivity index (χ1n) is 4.53. The smallest absolute Gasteiger partial charge is 0.337 e. The van der Waals surface area contributed by atoms with Crippen molar-refractivity contribution in [3.05, 3.63) is 22.8 Å². The molecule has 0 fully saturated rings. The molecular formula is C9H8N4O2S2. The molecule has 0 bridgehead atoms. The summed E-state index contributed by atoms with van der Waals surface area (Å²) in [6.07, 6.45) is 1.41. The number of rotatable bonds is 3. The molecule has 2 heterocycles. The number of carbonyl (C=O) groups is 1. The summed E-state index contributed by atoms with van der Waals surface area (Å²) in [5.41, 5.74) is 5.93. The van der Waals surface area contributed by atoms with Gasteiger partial charge in [-0.15, -0.1) is 10.2 Å². The highest BCUT2D eigenvalue weighted by Crippen LogP contribution is 2.33. The lowest BCUT2D eigenvalue weighted by Crippen LogP contribution is -2.04. The van der Waals surface area contributed by atoms with Gasteiger partial charge in [-0.2, -0.15) is 0 Å². The van der Waals surface area contributed by atoms with Crippen LogP contribution in [0.4, 0.5) is 5.69 Å². The molecule has 0 atom stereocenters. The molecule has 3 N–H and O–H groups in total. The highest BCUT2D eigenvalue weighted by Gasteiger charge is 2.14. The Labute approximate surface area is 105 Å². The van der Waals surface area contributed by atoms with Crippen LogP contribution in [0.15, 0.2) is 21.6 Å². The first-order valence-corrected chi connectivity index (χ1v) is 6.17. The fourth-order valence-electron chi connectivity index (χ4n) is 1.12. The van der Waals surface area contributed by atoms with Gasteiger partial charge >= 0.3 is 5.97 Å². The van der Waals surface area contributed by atoms with Crippen molar-refractivity contribution in [1.29, 1.82) is 0 Å². The van der Waals surface area contributed by atoms with Gasteiger partial charge in [0.25, 0.3) is 0 Å². The zero-order chi connectivity index (χ0) is 12.4. The molecule has 0 amide bonds. The number of aromatic nitrogens is 3. The number of hydrogen-bond donors (Lipinski definition) is 2. The Balaban J connectivity index is 2.33. The molecular weight excluding hydrogens is 260 g/mol. The molecule has 0 radical (unpaired) electrons. The van der Waals surface area contributed by atoms with Crippen LogP contribution < -0.4 is 5.73 Å². The predicted octanol–water partition coefficient (Wildman–Crippen LogP) is 1.67. The highest BCUT2D eigenvalue weighted by molar-refractivity contribution is 8.01. The monoisotopic (exact) mass is 268 g/mol. The molecule has 88 valence electrons. The normalized spacial score (nSPS) is 10.4. The fourth-order valence-corrected chi connectivity index (χ4v) is 2.89. The van der Waals surface area contributed by atoms with Gasteiger partial charge in [0.2, 0.25) is 0 Å².